The fourth-order valence-corrected chi connectivity index (χ4v) is 4.58. The van der Waals surface area contributed by atoms with Gasteiger partial charge in [-0.15, -0.1) is 0 Å². The first-order valence-corrected chi connectivity index (χ1v) is 10.8. The number of fused-ring (bicyclic) bond motifs is 2. The van der Waals surface area contributed by atoms with Crippen LogP contribution in [0.5, 0.6) is 11.5 Å². The largest absolute Gasteiger partial charge is 0.493 e. The minimum atomic E-state index is -1.62. The fourth-order valence-electron chi connectivity index (χ4n) is 4.29. The van der Waals surface area contributed by atoms with E-state index in [1.807, 2.05) is 6.92 Å². The maximum absolute atomic E-state index is 13.4. The van der Waals surface area contributed by atoms with Crippen LogP contribution in [0.3, 0.4) is 0 Å². The van der Waals surface area contributed by atoms with E-state index >= 15 is 0 Å². The summed E-state index contributed by atoms with van der Waals surface area (Å²) in [6.07, 6.45) is 0. The first kappa shape index (κ1) is 21.3. The second-order valence-corrected chi connectivity index (χ2v) is 8.71. The number of halogens is 1. The number of aryl methyl sites for hydroxylation is 1. The Morgan fingerprint density at radius 3 is 2.67 bits per heavy atom. The Labute approximate surface area is 196 Å². The van der Waals surface area contributed by atoms with E-state index in [0.717, 1.165) is 15.7 Å². The highest BCUT2D eigenvalue weighted by Crippen LogP contribution is 2.40. The third-order valence-corrected chi connectivity index (χ3v) is 6.72. The molecule has 0 aliphatic carbocycles. The third kappa shape index (κ3) is 3.14. The minimum absolute atomic E-state index is 0.149. The summed E-state index contributed by atoms with van der Waals surface area (Å²) in [6.45, 7) is 1.91. The molecule has 0 saturated carbocycles. The van der Waals surface area contributed by atoms with Gasteiger partial charge < -0.3 is 24.1 Å². The summed E-state index contributed by atoms with van der Waals surface area (Å²) in [4.78, 5) is 44.5. The number of benzene rings is 1. The molecule has 0 spiro atoms. The zero-order valence-electron chi connectivity index (χ0n) is 17.9. The lowest BCUT2D eigenvalue weighted by Crippen LogP contribution is -2.52. The summed E-state index contributed by atoms with van der Waals surface area (Å²) in [6, 6.07) is 6.18. The van der Waals surface area contributed by atoms with E-state index in [2.05, 4.69) is 31.5 Å². The van der Waals surface area contributed by atoms with Crippen molar-refractivity contribution < 1.29 is 28.3 Å². The molecule has 3 aromatic rings. The van der Waals surface area contributed by atoms with Gasteiger partial charge in [0, 0.05) is 17.1 Å². The van der Waals surface area contributed by atoms with Crippen LogP contribution in [0, 0.1) is 6.92 Å². The molecule has 4 heterocycles. The number of pyridine rings is 1. The Bertz CT molecular complexity index is 1310. The molecule has 11 heteroatoms. The normalized spacial score (nSPS) is 19.6. The molecule has 2 aromatic heterocycles. The molecule has 5 rings (SSSR count). The lowest BCUT2D eigenvalue weighted by molar-refractivity contribution is -0.125. The van der Waals surface area contributed by atoms with Crippen LogP contribution >= 0.6 is 15.9 Å². The van der Waals surface area contributed by atoms with Gasteiger partial charge in [-0.3, -0.25) is 14.9 Å². The Morgan fingerprint density at radius 2 is 2.00 bits per heavy atom. The smallest absolute Gasteiger partial charge is 0.322 e. The molecule has 1 aromatic carbocycles. The number of ether oxygens (including phenoxy) is 2. The van der Waals surface area contributed by atoms with E-state index in [4.69, 9.17) is 13.9 Å². The summed E-state index contributed by atoms with van der Waals surface area (Å²) in [5, 5.41) is 4.93. The topological polar surface area (TPSA) is 123 Å². The molecule has 0 bridgehead atoms. The average molecular weight is 515 g/mol. The van der Waals surface area contributed by atoms with Crippen LogP contribution in [0.15, 0.2) is 33.2 Å². The molecule has 1 atom stereocenters. The zero-order valence-corrected chi connectivity index (χ0v) is 19.5. The maximum atomic E-state index is 13.4. The lowest BCUT2D eigenvalue weighted by Gasteiger charge is -2.29. The SMILES string of the molecule is COc1ccc2c(c1OC)C(=O)N(C[C@@]1(c3cc4nc(C)c(Br)cc4o3)NC(=O)NC1=O)C2. The van der Waals surface area contributed by atoms with E-state index in [9.17, 15) is 14.4 Å². The van der Waals surface area contributed by atoms with E-state index in [1.165, 1.54) is 19.1 Å². The third-order valence-electron chi connectivity index (χ3n) is 5.92. The lowest BCUT2D eigenvalue weighted by atomic mass is 9.95. The summed E-state index contributed by atoms with van der Waals surface area (Å²) < 4.78 is 17.4. The van der Waals surface area contributed by atoms with Gasteiger partial charge in [0.2, 0.25) is 0 Å². The number of furan rings is 1. The molecule has 0 radical (unpaired) electrons. The predicted molar refractivity (Wildman–Crippen MR) is 119 cm³/mol. The van der Waals surface area contributed by atoms with Crippen LogP contribution in [0.2, 0.25) is 0 Å². The number of nitrogens with zero attached hydrogens (tertiary/aromatic N) is 2. The van der Waals surface area contributed by atoms with Gasteiger partial charge in [-0.1, -0.05) is 6.07 Å². The van der Waals surface area contributed by atoms with Crippen LogP contribution in [0.1, 0.15) is 27.4 Å². The number of hydrogen-bond acceptors (Lipinski definition) is 7. The van der Waals surface area contributed by atoms with Crippen molar-refractivity contribution in [3.8, 4) is 11.5 Å². The number of hydrogen-bond donors (Lipinski definition) is 2. The number of aromatic nitrogens is 1. The van der Waals surface area contributed by atoms with Crippen molar-refractivity contribution in [3.63, 3.8) is 0 Å². The van der Waals surface area contributed by atoms with Crippen molar-refractivity contribution in [2.75, 3.05) is 20.8 Å². The van der Waals surface area contributed by atoms with Crippen molar-refractivity contribution in [2.24, 2.45) is 0 Å². The number of carbonyl (C=O) groups excluding carboxylic acids is 3. The second-order valence-electron chi connectivity index (χ2n) is 7.86. The number of rotatable bonds is 5. The van der Waals surface area contributed by atoms with E-state index < -0.39 is 17.5 Å². The molecule has 1 fully saturated rings. The number of carbonyl (C=O) groups is 3. The van der Waals surface area contributed by atoms with Crippen molar-refractivity contribution in [2.45, 2.75) is 19.0 Å². The number of nitrogens with one attached hydrogen (secondary N) is 2. The van der Waals surface area contributed by atoms with Gasteiger partial charge in [0.25, 0.3) is 11.8 Å². The average Bonchev–Trinajstić information content (AvgIpc) is 3.42. The summed E-state index contributed by atoms with van der Waals surface area (Å²) in [5.74, 6) is -0.0289. The predicted octanol–water partition coefficient (Wildman–Crippen LogP) is 2.61. The number of methoxy groups -OCH3 is 2. The van der Waals surface area contributed by atoms with Gasteiger partial charge in [-0.2, -0.15) is 0 Å². The van der Waals surface area contributed by atoms with Gasteiger partial charge in [-0.25, -0.2) is 9.78 Å². The molecule has 33 heavy (non-hydrogen) atoms. The van der Waals surface area contributed by atoms with Crippen LogP contribution < -0.4 is 20.1 Å². The first-order chi connectivity index (χ1) is 15.8. The molecule has 10 nitrogen and oxygen atoms in total. The quantitative estimate of drug-likeness (QED) is 0.501. The second kappa shape index (κ2) is 7.48. The highest BCUT2D eigenvalue weighted by molar-refractivity contribution is 9.10. The first-order valence-electron chi connectivity index (χ1n) is 10.0. The number of imide groups is 1. The Hall–Kier alpha value is -3.60. The standard InChI is InChI=1S/C22H19BrN4O6/c1-10-12(23)6-15-13(24-10)7-16(33-15)22(20(29)25-21(30)26-22)9-27-8-11-4-5-14(31-2)18(32-3)17(11)19(27)28/h4-7H,8-9H2,1-3H3,(H2,25,26,29,30)/t22-/m0/s1. The fraction of sp³-hybridized carbons (Fsp3) is 0.273. The molecule has 2 N–H and O–H groups in total. The highest BCUT2D eigenvalue weighted by Gasteiger charge is 2.53. The van der Waals surface area contributed by atoms with Gasteiger partial charge in [0.1, 0.15) is 11.3 Å². The van der Waals surface area contributed by atoms with Crippen LogP contribution in [0.25, 0.3) is 11.1 Å². The van der Waals surface area contributed by atoms with Gasteiger partial charge >= 0.3 is 6.03 Å². The Morgan fingerprint density at radius 1 is 1.21 bits per heavy atom. The van der Waals surface area contributed by atoms with Crippen molar-refractivity contribution in [1.82, 2.24) is 20.5 Å². The molecule has 4 amide bonds. The van der Waals surface area contributed by atoms with Crippen LogP contribution in [-0.4, -0.2) is 48.5 Å². The van der Waals surface area contributed by atoms with Crippen molar-refractivity contribution >= 4 is 44.9 Å². The van der Waals surface area contributed by atoms with Crippen molar-refractivity contribution in [1.29, 1.82) is 0 Å². The van der Waals surface area contributed by atoms with E-state index in [0.29, 0.717) is 28.2 Å². The molecule has 0 unspecified atom stereocenters. The molecule has 1 saturated heterocycles. The number of amides is 4. The van der Waals surface area contributed by atoms with Crippen LogP contribution in [-0.2, 0) is 16.9 Å². The van der Waals surface area contributed by atoms with Crippen LogP contribution in [0.4, 0.5) is 4.79 Å². The summed E-state index contributed by atoms with van der Waals surface area (Å²) in [7, 11) is 2.95. The van der Waals surface area contributed by atoms with E-state index in [1.54, 1.807) is 24.3 Å². The molecular weight excluding hydrogens is 496 g/mol. The summed E-state index contributed by atoms with van der Waals surface area (Å²) in [5.41, 5.74) is 1.19. The molecular formula is C22H19BrN4O6. The molecule has 170 valence electrons. The number of urea groups is 1. The van der Waals surface area contributed by atoms with Gasteiger partial charge in [0.05, 0.1) is 32.0 Å². The highest BCUT2D eigenvalue weighted by atomic mass is 79.9. The maximum Gasteiger partial charge on any atom is 0.322 e. The minimum Gasteiger partial charge on any atom is -0.493 e. The summed E-state index contributed by atoms with van der Waals surface area (Å²) >= 11 is 3.42. The van der Waals surface area contributed by atoms with E-state index in [-0.39, 0.29) is 24.8 Å². The zero-order chi connectivity index (χ0) is 23.5. The molecule has 2 aliphatic rings. The Kier molecular flexibility index (Phi) is 4.82. The molecule has 2 aliphatic heterocycles. The van der Waals surface area contributed by atoms with Crippen molar-refractivity contribution in [3.05, 3.63) is 51.3 Å². The van der Waals surface area contributed by atoms with Gasteiger partial charge in [-0.05, 0) is 40.5 Å². The monoisotopic (exact) mass is 514 g/mol. The van der Waals surface area contributed by atoms with Gasteiger partial charge in [0.15, 0.2) is 22.6 Å². The Balaban J connectivity index is 1.57.